The van der Waals surface area contributed by atoms with E-state index in [1.165, 1.54) is 6.42 Å². The third-order valence-corrected chi connectivity index (χ3v) is 6.55. The van der Waals surface area contributed by atoms with Crippen LogP contribution in [-0.2, 0) is 6.54 Å². The van der Waals surface area contributed by atoms with Crippen molar-refractivity contribution < 1.29 is 28.8 Å². The number of ketones is 1. The smallest absolute Gasteiger partial charge is 0.232 e. The summed E-state index contributed by atoms with van der Waals surface area (Å²) in [7, 11) is 4.65. The van der Waals surface area contributed by atoms with Gasteiger partial charge in [-0.3, -0.25) is 9.69 Å². The van der Waals surface area contributed by atoms with E-state index in [1.807, 2.05) is 6.92 Å². The van der Waals surface area contributed by atoms with E-state index in [9.17, 15) is 9.90 Å². The minimum atomic E-state index is -0.215. The zero-order valence-electron chi connectivity index (χ0n) is 19.9. The maximum atomic E-state index is 13.3. The summed E-state index contributed by atoms with van der Waals surface area (Å²) in [5.41, 5.74) is 2.46. The molecule has 2 aliphatic heterocycles. The normalized spacial score (nSPS) is 19.4. The van der Waals surface area contributed by atoms with Gasteiger partial charge in [-0.05, 0) is 57.0 Å². The molecule has 0 saturated carbocycles. The first-order valence-corrected chi connectivity index (χ1v) is 11.2. The number of phenolic OH excluding ortho intramolecular Hbond substituents is 1. The number of Topliss-reactive ketones (excluding diaryl/α,β-unsaturated/α-hetero) is 1. The van der Waals surface area contributed by atoms with Crippen LogP contribution in [-0.4, -0.2) is 49.7 Å². The van der Waals surface area contributed by atoms with Crippen LogP contribution in [0.3, 0.4) is 0 Å². The van der Waals surface area contributed by atoms with Crippen LogP contribution in [0.2, 0.25) is 0 Å². The van der Waals surface area contributed by atoms with Crippen molar-refractivity contribution in [3.8, 4) is 28.7 Å². The van der Waals surface area contributed by atoms with Crippen molar-refractivity contribution in [2.24, 2.45) is 0 Å². The summed E-state index contributed by atoms with van der Waals surface area (Å²) in [6, 6.07) is 5.52. The van der Waals surface area contributed by atoms with Crippen LogP contribution in [0.5, 0.6) is 28.7 Å². The molecule has 0 bridgehead atoms. The summed E-state index contributed by atoms with van der Waals surface area (Å²) in [6.45, 7) is 5.51. The Morgan fingerprint density at radius 3 is 2.45 bits per heavy atom. The van der Waals surface area contributed by atoms with Crippen LogP contribution in [0.1, 0.15) is 53.2 Å². The summed E-state index contributed by atoms with van der Waals surface area (Å²) < 4.78 is 22.4. The van der Waals surface area contributed by atoms with E-state index in [-0.39, 0.29) is 17.3 Å². The van der Waals surface area contributed by atoms with Crippen molar-refractivity contribution in [3.63, 3.8) is 0 Å². The van der Waals surface area contributed by atoms with Crippen LogP contribution in [0, 0.1) is 6.92 Å². The molecular formula is C26H31NO6. The second-order valence-electron chi connectivity index (χ2n) is 8.60. The summed E-state index contributed by atoms with van der Waals surface area (Å²) >= 11 is 0. The van der Waals surface area contributed by atoms with Gasteiger partial charge in [0.1, 0.15) is 17.2 Å². The molecule has 4 rings (SSSR count). The second-order valence-corrected chi connectivity index (χ2v) is 8.60. The maximum absolute atomic E-state index is 13.3. The summed E-state index contributed by atoms with van der Waals surface area (Å²) in [5.74, 6) is 2.13. The molecule has 2 aliphatic rings. The van der Waals surface area contributed by atoms with Gasteiger partial charge in [0, 0.05) is 24.2 Å². The van der Waals surface area contributed by atoms with E-state index in [4.69, 9.17) is 18.9 Å². The van der Waals surface area contributed by atoms with Crippen molar-refractivity contribution >= 4 is 11.9 Å². The molecule has 1 atom stereocenters. The van der Waals surface area contributed by atoms with Crippen LogP contribution < -0.4 is 18.9 Å². The topological polar surface area (TPSA) is 77.5 Å². The predicted octanol–water partition coefficient (Wildman–Crippen LogP) is 4.72. The van der Waals surface area contributed by atoms with Gasteiger partial charge >= 0.3 is 0 Å². The molecule has 0 aliphatic carbocycles. The third-order valence-electron chi connectivity index (χ3n) is 6.55. The van der Waals surface area contributed by atoms with Gasteiger partial charge in [0.25, 0.3) is 0 Å². The number of methoxy groups -OCH3 is 3. The first-order valence-electron chi connectivity index (χ1n) is 11.2. The summed E-state index contributed by atoms with van der Waals surface area (Å²) in [4.78, 5) is 15.7. The fourth-order valence-corrected chi connectivity index (χ4v) is 4.64. The lowest BCUT2D eigenvalue weighted by atomic mass is 9.97. The Hall–Kier alpha value is -3.19. The number of allylic oxidation sites excluding steroid dienone is 1. The monoisotopic (exact) mass is 453 g/mol. The molecule has 1 N–H and O–H groups in total. The highest BCUT2D eigenvalue weighted by atomic mass is 16.5. The van der Waals surface area contributed by atoms with Gasteiger partial charge in [-0.15, -0.1) is 0 Å². The quantitative estimate of drug-likeness (QED) is 0.634. The molecule has 0 radical (unpaired) electrons. The van der Waals surface area contributed by atoms with Crippen molar-refractivity contribution in [2.75, 3.05) is 27.9 Å². The number of fused-ring (bicyclic) bond motifs is 1. The maximum Gasteiger partial charge on any atom is 0.232 e. The highest BCUT2D eigenvalue weighted by Gasteiger charge is 2.34. The van der Waals surface area contributed by atoms with Crippen molar-refractivity contribution in [1.29, 1.82) is 0 Å². The average molecular weight is 454 g/mol. The van der Waals surface area contributed by atoms with E-state index in [0.717, 1.165) is 19.4 Å². The zero-order valence-corrected chi connectivity index (χ0v) is 19.9. The SMILES string of the molecule is COc1cc(OC)c(OC)cc1/C=C1\Oc2c(CN3CCCCC3C)c(O)cc(C)c2C1=O. The molecule has 2 heterocycles. The number of nitrogens with zero attached hydrogens (tertiary/aromatic N) is 1. The second kappa shape index (κ2) is 9.35. The number of aromatic hydroxyl groups is 1. The van der Waals surface area contributed by atoms with Crippen molar-refractivity contribution in [1.82, 2.24) is 4.90 Å². The van der Waals surface area contributed by atoms with Crippen LogP contribution in [0.25, 0.3) is 6.08 Å². The molecule has 7 heteroatoms. The largest absolute Gasteiger partial charge is 0.507 e. The molecule has 1 fully saturated rings. The Labute approximate surface area is 194 Å². The molecule has 176 valence electrons. The number of phenols is 1. The Bertz CT molecular complexity index is 1110. The number of aryl methyl sites for hydroxylation is 1. The van der Waals surface area contributed by atoms with E-state index in [2.05, 4.69) is 11.8 Å². The first kappa shape index (κ1) is 23.0. The van der Waals surface area contributed by atoms with E-state index in [0.29, 0.717) is 57.8 Å². The minimum absolute atomic E-state index is 0.154. The van der Waals surface area contributed by atoms with Crippen LogP contribution >= 0.6 is 0 Å². The van der Waals surface area contributed by atoms with E-state index in [1.54, 1.807) is 45.6 Å². The van der Waals surface area contributed by atoms with Gasteiger partial charge < -0.3 is 24.1 Å². The minimum Gasteiger partial charge on any atom is -0.507 e. The van der Waals surface area contributed by atoms with E-state index < -0.39 is 0 Å². The Kier molecular flexibility index (Phi) is 6.51. The van der Waals surface area contributed by atoms with Gasteiger partial charge in [-0.25, -0.2) is 0 Å². The predicted molar refractivity (Wildman–Crippen MR) is 126 cm³/mol. The molecule has 1 saturated heterocycles. The Morgan fingerprint density at radius 1 is 1.09 bits per heavy atom. The third kappa shape index (κ3) is 4.25. The number of piperidine rings is 1. The molecule has 0 amide bonds. The number of likely N-dealkylation sites (tertiary alicyclic amines) is 1. The molecule has 1 unspecified atom stereocenters. The van der Waals surface area contributed by atoms with E-state index >= 15 is 0 Å². The number of benzene rings is 2. The summed E-state index contributed by atoms with van der Waals surface area (Å²) in [5, 5.41) is 10.8. The fraction of sp³-hybridized carbons (Fsp3) is 0.423. The molecule has 0 spiro atoms. The number of carbonyl (C=O) groups is 1. The lowest BCUT2D eigenvalue weighted by Gasteiger charge is -2.33. The van der Waals surface area contributed by atoms with Crippen molar-refractivity contribution in [3.05, 3.63) is 46.2 Å². The highest BCUT2D eigenvalue weighted by Crippen LogP contribution is 2.44. The lowest BCUT2D eigenvalue weighted by molar-refractivity contribution is 0.101. The van der Waals surface area contributed by atoms with Crippen molar-refractivity contribution in [2.45, 2.75) is 45.7 Å². The molecule has 2 aromatic rings. The van der Waals surface area contributed by atoms with Gasteiger partial charge in [-0.1, -0.05) is 6.42 Å². The van der Waals surface area contributed by atoms with Gasteiger partial charge in [-0.2, -0.15) is 0 Å². The molecule has 33 heavy (non-hydrogen) atoms. The van der Waals surface area contributed by atoms with Gasteiger partial charge in [0.05, 0.1) is 32.5 Å². The highest BCUT2D eigenvalue weighted by molar-refractivity contribution is 6.16. The standard InChI is InChI=1S/C26H31NO6/c1-15-10-19(28)18(14-27-9-7-6-8-16(27)2)26-24(15)25(29)23(33-26)12-17-11-21(31-4)22(32-5)13-20(17)30-3/h10-13,16,28H,6-9,14H2,1-5H3/b23-12-. The number of rotatable bonds is 6. The number of hydrogen-bond acceptors (Lipinski definition) is 7. The van der Waals surface area contributed by atoms with Crippen LogP contribution in [0.4, 0.5) is 0 Å². The number of hydrogen-bond donors (Lipinski definition) is 1. The fourth-order valence-electron chi connectivity index (χ4n) is 4.64. The lowest BCUT2D eigenvalue weighted by Crippen LogP contribution is -2.36. The van der Waals surface area contributed by atoms with Gasteiger partial charge in [0.15, 0.2) is 17.3 Å². The average Bonchev–Trinajstić information content (AvgIpc) is 3.13. The Morgan fingerprint density at radius 2 is 1.79 bits per heavy atom. The van der Waals surface area contributed by atoms with Gasteiger partial charge in [0.2, 0.25) is 5.78 Å². The number of carbonyl (C=O) groups excluding carboxylic acids is 1. The number of ether oxygens (including phenoxy) is 4. The zero-order chi connectivity index (χ0) is 23.7. The summed E-state index contributed by atoms with van der Waals surface area (Å²) in [6.07, 6.45) is 5.11. The molecule has 2 aromatic carbocycles. The van der Waals surface area contributed by atoms with Crippen LogP contribution in [0.15, 0.2) is 24.0 Å². The Balaban J connectivity index is 1.74. The first-order chi connectivity index (χ1) is 15.9. The molecule has 7 nitrogen and oxygen atoms in total. The molecule has 0 aromatic heterocycles. The molecular weight excluding hydrogens is 422 g/mol.